The SMILES string of the molecule is Cc1nn(C(C)c2ccc(Cl)cc2F)c2nc(N3CC[C@H](N4CCC[C@H]4CCC(=O)O)[C@H](C)C3)cnc12.O=C(O)C(F)(F)F. The molecule has 2 fully saturated rings. The van der Waals surface area contributed by atoms with Crippen LogP contribution >= 0.6 is 11.6 Å². The van der Waals surface area contributed by atoms with Crippen molar-refractivity contribution in [3.63, 3.8) is 0 Å². The van der Waals surface area contributed by atoms with Crippen LogP contribution in [0.3, 0.4) is 0 Å². The molecule has 3 aromatic rings. The molecule has 15 heteroatoms. The first-order valence-corrected chi connectivity index (χ1v) is 14.7. The van der Waals surface area contributed by atoms with Crippen molar-refractivity contribution in [2.24, 2.45) is 5.92 Å². The van der Waals surface area contributed by atoms with Gasteiger partial charge in [0.05, 0.1) is 17.9 Å². The van der Waals surface area contributed by atoms with Crippen molar-refractivity contribution >= 4 is 40.5 Å². The molecule has 2 aliphatic rings. The number of rotatable bonds is 7. The summed E-state index contributed by atoms with van der Waals surface area (Å²) in [5.41, 5.74) is 2.61. The van der Waals surface area contributed by atoms with E-state index in [1.807, 2.05) is 20.0 Å². The highest BCUT2D eigenvalue weighted by atomic mass is 35.5. The van der Waals surface area contributed by atoms with E-state index in [0.717, 1.165) is 56.8 Å². The van der Waals surface area contributed by atoms with Gasteiger partial charge in [-0.1, -0.05) is 24.6 Å². The molecule has 2 aliphatic heterocycles. The van der Waals surface area contributed by atoms with Gasteiger partial charge in [0.25, 0.3) is 0 Å². The minimum Gasteiger partial charge on any atom is -0.481 e. The van der Waals surface area contributed by atoms with E-state index in [2.05, 4.69) is 21.8 Å². The molecule has 10 nitrogen and oxygen atoms in total. The van der Waals surface area contributed by atoms with E-state index in [1.165, 1.54) is 6.07 Å². The third-order valence-electron chi connectivity index (χ3n) is 8.30. The summed E-state index contributed by atoms with van der Waals surface area (Å²) in [4.78, 5) is 34.5. The maximum atomic E-state index is 14.7. The largest absolute Gasteiger partial charge is 0.490 e. The number of carbonyl (C=O) groups is 2. The molecule has 2 saturated heterocycles. The van der Waals surface area contributed by atoms with Crippen LogP contribution in [0.4, 0.5) is 23.4 Å². The summed E-state index contributed by atoms with van der Waals surface area (Å²) in [6, 6.07) is 5.12. The van der Waals surface area contributed by atoms with Crippen LogP contribution in [-0.4, -0.2) is 84.7 Å². The predicted molar refractivity (Wildman–Crippen MR) is 155 cm³/mol. The van der Waals surface area contributed by atoms with Crippen molar-refractivity contribution < 1.29 is 37.4 Å². The second kappa shape index (κ2) is 13.6. The van der Waals surface area contributed by atoms with E-state index in [-0.39, 0.29) is 18.3 Å². The van der Waals surface area contributed by atoms with Gasteiger partial charge in [-0.25, -0.2) is 23.8 Å². The highest BCUT2D eigenvalue weighted by molar-refractivity contribution is 6.30. The van der Waals surface area contributed by atoms with Gasteiger partial charge >= 0.3 is 18.1 Å². The van der Waals surface area contributed by atoms with Crippen LogP contribution in [0.5, 0.6) is 0 Å². The lowest BCUT2D eigenvalue weighted by molar-refractivity contribution is -0.192. The number of aryl methyl sites for hydroxylation is 1. The third kappa shape index (κ3) is 7.57. The molecule has 0 bridgehead atoms. The fourth-order valence-corrected chi connectivity index (χ4v) is 6.32. The predicted octanol–water partition coefficient (Wildman–Crippen LogP) is 5.71. The number of carboxylic acids is 2. The van der Waals surface area contributed by atoms with Gasteiger partial charge in [-0.2, -0.15) is 18.3 Å². The zero-order valence-electron chi connectivity index (χ0n) is 24.6. The Kier molecular flexibility index (Phi) is 10.3. The van der Waals surface area contributed by atoms with E-state index >= 15 is 0 Å². The monoisotopic (exact) mass is 642 g/mol. The van der Waals surface area contributed by atoms with E-state index in [1.54, 1.807) is 16.8 Å². The second-order valence-electron chi connectivity index (χ2n) is 11.3. The number of alkyl halides is 3. The number of anilines is 1. The third-order valence-corrected chi connectivity index (χ3v) is 8.54. The molecule has 1 unspecified atom stereocenters. The van der Waals surface area contributed by atoms with Crippen molar-refractivity contribution in [3.8, 4) is 0 Å². The Morgan fingerprint density at radius 1 is 1.18 bits per heavy atom. The fourth-order valence-electron chi connectivity index (χ4n) is 6.16. The summed E-state index contributed by atoms with van der Waals surface area (Å²) < 4.78 is 48.2. The molecule has 0 amide bonds. The molecular weight excluding hydrogens is 608 g/mol. The van der Waals surface area contributed by atoms with Crippen LogP contribution in [0.1, 0.15) is 63.3 Å². The van der Waals surface area contributed by atoms with Crippen LogP contribution in [0.15, 0.2) is 24.4 Å². The Hall–Kier alpha value is -3.52. The normalized spacial score (nSPS) is 21.6. The lowest BCUT2D eigenvalue weighted by atomic mass is 9.91. The van der Waals surface area contributed by atoms with Crippen LogP contribution < -0.4 is 4.90 Å². The van der Waals surface area contributed by atoms with Gasteiger partial charge < -0.3 is 15.1 Å². The van der Waals surface area contributed by atoms with Gasteiger partial charge in [0.15, 0.2) is 5.65 Å². The van der Waals surface area contributed by atoms with Gasteiger partial charge in [-0.3, -0.25) is 9.69 Å². The number of aromatic nitrogens is 4. The van der Waals surface area contributed by atoms with Crippen LogP contribution in [-0.2, 0) is 9.59 Å². The number of aliphatic carboxylic acids is 2. The zero-order valence-corrected chi connectivity index (χ0v) is 25.3. The van der Waals surface area contributed by atoms with Gasteiger partial charge in [0, 0.05) is 42.2 Å². The highest BCUT2D eigenvalue weighted by Crippen LogP contribution is 2.33. The van der Waals surface area contributed by atoms with Gasteiger partial charge in [0.2, 0.25) is 0 Å². The first-order valence-electron chi connectivity index (χ1n) is 14.4. The van der Waals surface area contributed by atoms with E-state index in [4.69, 9.17) is 36.6 Å². The van der Waals surface area contributed by atoms with Crippen molar-refractivity contribution in [3.05, 3.63) is 46.5 Å². The number of halogens is 5. The molecular formula is C29H35ClF4N6O4. The number of benzene rings is 1. The number of piperidine rings is 1. The molecule has 44 heavy (non-hydrogen) atoms. The number of hydrogen-bond donors (Lipinski definition) is 2. The molecule has 240 valence electrons. The van der Waals surface area contributed by atoms with E-state index < -0.39 is 18.1 Å². The van der Waals surface area contributed by atoms with Gasteiger partial charge in [-0.15, -0.1) is 0 Å². The Morgan fingerprint density at radius 2 is 1.89 bits per heavy atom. The average molecular weight is 643 g/mol. The maximum Gasteiger partial charge on any atom is 0.490 e. The Balaban J connectivity index is 0.000000566. The van der Waals surface area contributed by atoms with Crippen LogP contribution in [0, 0.1) is 18.7 Å². The van der Waals surface area contributed by atoms with Crippen LogP contribution in [0.25, 0.3) is 11.2 Å². The molecule has 2 N–H and O–H groups in total. The number of nitrogens with zero attached hydrogens (tertiary/aromatic N) is 6. The van der Waals surface area contributed by atoms with Crippen molar-refractivity contribution in [1.29, 1.82) is 0 Å². The van der Waals surface area contributed by atoms with Crippen molar-refractivity contribution in [2.75, 3.05) is 24.5 Å². The lowest BCUT2D eigenvalue weighted by Crippen LogP contribution is -2.52. The fraction of sp³-hybridized carbons (Fsp3) is 0.552. The van der Waals surface area contributed by atoms with E-state index in [9.17, 15) is 22.4 Å². The summed E-state index contributed by atoms with van der Waals surface area (Å²) in [6.45, 7) is 8.81. The molecule has 2 aromatic heterocycles. The minimum atomic E-state index is -5.08. The standard InChI is InChI=1S/C27H34ClFN6O2.C2HF3O2/c1-16-15-33(12-10-23(16)34-11-4-5-20(34)7-9-25(36)37)24-14-30-26-17(2)32-35(27(26)31-24)18(3)21-8-6-19(28)13-22(21)29;3-2(4,5)1(6)7/h6,8,13-14,16,18,20,23H,4-5,7,9-12,15H2,1-3H3,(H,36,37);(H,6,7)/t16-,18?,20+,23+;/m1./s1. The molecule has 0 aliphatic carbocycles. The summed E-state index contributed by atoms with van der Waals surface area (Å²) >= 11 is 5.96. The zero-order chi connectivity index (χ0) is 32.3. The van der Waals surface area contributed by atoms with Crippen molar-refractivity contribution in [1.82, 2.24) is 24.6 Å². The van der Waals surface area contributed by atoms with Crippen molar-refractivity contribution in [2.45, 2.75) is 77.2 Å². The first kappa shape index (κ1) is 33.4. The number of likely N-dealkylation sites (tertiary alicyclic amines) is 1. The molecule has 0 saturated carbocycles. The molecule has 1 aromatic carbocycles. The summed E-state index contributed by atoms with van der Waals surface area (Å²) in [7, 11) is 0. The van der Waals surface area contributed by atoms with Crippen LogP contribution in [0.2, 0.25) is 5.02 Å². The van der Waals surface area contributed by atoms with Gasteiger partial charge in [-0.05, 0) is 64.1 Å². The summed E-state index contributed by atoms with van der Waals surface area (Å²) in [6.07, 6.45) is 0.894. The molecule has 0 spiro atoms. The highest BCUT2D eigenvalue weighted by Gasteiger charge is 2.38. The second-order valence-corrected chi connectivity index (χ2v) is 11.8. The minimum absolute atomic E-state index is 0.232. The Labute approximate surface area is 256 Å². The summed E-state index contributed by atoms with van der Waals surface area (Å²) in [5.74, 6) is -2.64. The summed E-state index contributed by atoms with van der Waals surface area (Å²) in [5, 5.41) is 21.3. The quantitative estimate of drug-likeness (QED) is 0.312. The molecule has 4 atom stereocenters. The number of carboxylic acid groups (broad SMARTS) is 2. The number of fused-ring (bicyclic) bond motifs is 1. The lowest BCUT2D eigenvalue weighted by Gasteiger charge is -2.43. The number of hydrogen-bond acceptors (Lipinski definition) is 7. The van der Waals surface area contributed by atoms with Gasteiger partial charge in [0.1, 0.15) is 17.2 Å². The first-order chi connectivity index (χ1) is 20.7. The topological polar surface area (TPSA) is 125 Å². The van der Waals surface area contributed by atoms with E-state index in [0.29, 0.717) is 39.8 Å². The molecule has 5 rings (SSSR count). The smallest absolute Gasteiger partial charge is 0.481 e. The maximum absolute atomic E-state index is 14.7. The molecule has 4 heterocycles. The Morgan fingerprint density at radius 3 is 2.50 bits per heavy atom. The average Bonchev–Trinajstić information content (AvgIpc) is 3.55. The Bertz CT molecular complexity index is 1500. The molecule has 0 radical (unpaired) electrons.